The number of hydrogen-bond donors (Lipinski definition) is 0. The standard InChI is InChI=1S/C18H13BrClNO3/c1-22-16-7-11(6-14(19)18(16)23-2)17-12(9-21)5-10-3-4-13(20)8-15(10)24-17/h3-4,6-8H,5H2,1-2H3. The predicted octanol–water partition coefficient (Wildman–Crippen LogP) is 4.99. The van der Waals surface area contributed by atoms with Gasteiger partial charge in [0.1, 0.15) is 11.5 Å². The maximum Gasteiger partial charge on any atom is 0.174 e. The second kappa shape index (κ2) is 6.76. The molecule has 3 rings (SSSR count). The van der Waals surface area contributed by atoms with Crippen LogP contribution in [0.2, 0.25) is 5.02 Å². The third kappa shape index (κ3) is 2.95. The number of rotatable bonds is 3. The van der Waals surface area contributed by atoms with Crippen LogP contribution in [0.5, 0.6) is 17.2 Å². The Morgan fingerprint density at radius 3 is 2.67 bits per heavy atom. The molecule has 0 saturated heterocycles. The first kappa shape index (κ1) is 16.7. The third-order valence-electron chi connectivity index (χ3n) is 3.71. The first-order valence-corrected chi connectivity index (χ1v) is 8.26. The van der Waals surface area contributed by atoms with Crippen molar-refractivity contribution in [1.82, 2.24) is 0 Å². The zero-order chi connectivity index (χ0) is 17.3. The van der Waals surface area contributed by atoms with Crippen molar-refractivity contribution in [2.45, 2.75) is 6.42 Å². The lowest BCUT2D eigenvalue weighted by atomic mass is 9.98. The molecule has 122 valence electrons. The van der Waals surface area contributed by atoms with Crippen molar-refractivity contribution in [2.75, 3.05) is 14.2 Å². The molecule has 1 heterocycles. The maximum atomic E-state index is 9.52. The number of hydrogen-bond acceptors (Lipinski definition) is 4. The van der Waals surface area contributed by atoms with Crippen LogP contribution >= 0.6 is 27.5 Å². The summed E-state index contributed by atoms with van der Waals surface area (Å²) in [4.78, 5) is 0. The summed E-state index contributed by atoms with van der Waals surface area (Å²) >= 11 is 9.51. The average Bonchev–Trinajstić information content (AvgIpc) is 2.59. The number of fused-ring (bicyclic) bond motifs is 1. The van der Waals surface area contributed by atoms with Gasteiger partial charge in [0, 0.05) is 22.6 Å². The monoisotopic (exact) mass is 405 g/mol. The summed E-state index contributed by atoms with van der Waals surface area (Å²) in [6.45, 7) is 0. The van der Waals surface area contributed by atoms with E-state index in [0.717, 1.165) is 11.1 Å². The Bertz CT molecular complexity index is 887. The van der Waals surface area contributed by atoms with Crippen molar-refractivity contribution >= 4 is 33.3 Å². The zero-order valence-corrected chi connectivity index (χ0v) is 15.4. The van der Waals surface area contributed by atoms with Crippen molar-refractivity contribution in [3.05, 3.63) is 56.5 Å². The molecule has 0 N–H and O–H groups in total. The normalized spacial score (nSPS) is 13.0. The van der Waals surface area contributed by atoms with Crippen LogP contribution < -0.4 is 14.2 Å². The Hall–Kier alpha value is -2.16. The van der Waals surface area contributed by atoms with Gasteiger partial charge in [0.05, 0.1) is 30.3 Å². The number of nitrogens with zero attached hydrogens (tertiary/aromatic N) is 1. The highest BCUT2D eigenvalue weighted by Crippen LogP contribution is 2.41. The van der Waals surface area contributed by atoms with Crippen molar-refractivity contribution in [1.29, 1.82) is 5.26 Å². The Balaban J connectivity index is 2.12. The topological polar surface area (TPSA) is 51.5 Å². The molecule has 0 aliphatic carbocycles. The molecule has 2 aromatic carbocycles. The summed E-state index contributed by atoms with van der Waals surface area (Å²) in [7, 11) is 3.13. The van der Waals surface area contributed by atoms with E-state index in [4.69, 9.17) is 25.8 Å². The van der Waals surface area contributed by atoms with E-state index in [-0.39, 0.29) is 0 Å². The molecular formula is C18H13BrClNO3. The molecule has 1 aliphatic heterocycles. The molecule has 0 amide bonds. The number of halogens is 2. The van der Waals surface area contributed by atoms with E-state index in [1.54, 1.807) is 32.4 Å². The molecule has 0 spiro atoms. The number of benzene rings is 2. The van der Waals surface area contributed by atoms with Gasteiger partial charge in [-0.2, -0.15) is 5.26 Å². The van der Waals surface area contributed by atoms with Gasteiger partial charge >= 0.3 is 0 Å². The SMILES string of the molecule is COc1cc(C2=C(C#N)Cc3ccc(Cl)cc3O2)cc(Br)c1OC. The lowest BCUT2D eigenvalue weighted by Crippen LogP contribution is -2.09. The Morgan fingerprint density at radius 2 is 2.00 bits per heavy atom. The number of allylic oxidation sites excluding steroid dienone is 1. The minimum Gasteiger partial charge on any atom is -0.493 e. The minimum absolute atomic E-state index is 0.490. The highest BCUT2D eigenvalue weighted by molar-refractivity contribution is 9.10. The largest absolute Gasteiger partial charge is 0.493 e. The van der Waals surface area contributed by atoms with Gasteiger partial charge in [-0.05, 0) is 40.2 Å². The van der Waals surface area contributed by atoms with Gasteiger partial charge in [-0.25, -0.2) is 0 Å². The fraction of sp³-hybridized carbons (Fsp3) is 0.167. The summed E-state index contributed by atoms with van der Waals surface area (Å²) in [5.74, 6) is 2.28. The highest BCUT2D eigenvalue weighted by Gasteiger charge is 2.23. The lowest BCUT2D eigenvalue weighted by molar-refractivity contribution is 0.352. The van der Waals surface area contributed by atoms with Crippen LogP contribution in [0.25, 0.3) is 5.76 Å². The zero-order valence-electron chi connectivity index (χ0n) is 13.0. The van der Waals surface area contributed by atoms with Crippen LogP contribution in [0.1, 0.15) is 11.1 Å². The molecule has 24 heavy (non-hydrogen) atoms. The molecule has 0 radical (unpaired) electrons. The molecule has 6 heteroatoms. The second-order valence-corrected chi connectivity index (χ2v) is 6.43. The van der Waals surface area contributed by atoms with Crippen LogP contribution in [-0.2, 0) is 6.42 Å². The molecule has 0 bridgehead atoms. The van der Waals surface area contributed by atoms with Gasteiger partial charge in [-0.1, -0.05) is 17.7 Å². The van der Waals surface area contributed by atoms with Gasteiger partial charge in [0.2, 0.25) is 0 Å². The number of ether oxygens (including phenoxy) is 3. The van der Waals surface area contributed by atoms with Crippen LogP contribution in [0.3, 0.4) is 0 Å². The van der Waals surface area contributed by atoms with Crippen molar-refractivity contribution < 1.29 is 14.2 Å². The quantitative estimate of drug-likeness (QED) is 0.720. The van der Waals surface area contributed by atoms with E-state index in [2.05, 4.69) is 22.0 Å². The maximum absolute atomic E-state index is 9.52. The molecule has 0 saturated carbocycles. The van der Waals surface area contributed by atoms with Crippen molar-refractivity contribution in [3.8, 4) is 23.3 Å². The molecule has 1 aliphatic rings. The van der Waals surface area contributed by atoms with Gasteiger partial charge in [0.15, 0.2) is 11.5 Å². The van der Waals surface area contributed by atoms with Crippen molar-refractivity contribution in [3.63, 3.8) is 0 Å². The Labute approximate surface area is 153 Å². The summed E-state index contributed by atoms with van der Waals surface area (Å²) < 4.78 is 17.4. The molecule has 2 aromatic rings. The van der Waals surface area contributed by atoms with Crippen LogP contribution in [0.4, 0.5) is 0 Å². The van der Waals surface area contributed by atoms with E-state index >= 15 is 0 Å². The van der Waals surface area contributed by atoms with E-state index in [0.29, 0.717) is 44.5 Å². The lowest BCUT2D eigenvalue weighted by Gasteiger charge is -2.22. The van der Waals surface area contributed by atoms with E-state index in [9.17, 15) is 5.26 Å². The first-order valence-electron chi connectivity index (χ1n) is 7.08. The van der Waals surface area contributed by atoms with Gasteiger partial charge in [-0.15, -0.1) is 0 Å². The minimum atomic E-state index is 0.490. The second-order valence-electron chi connectivity index (χ2n) is 5.14. The molecule has 0 aromatic heterocycles. The number of methoxy groups -OCH3 is 2. The fourth-order valence-corrected chi connectivity index (χ4v) is 3.35. The smallest absolute Gasteiger partial charge is 0.174 e. The Kier molecular flexibility index (Phi) is 4.70. The summed E-state index contributed by atoms with van der Waals surface area (Å²) in [5.41, 5.74) is 2.20. The molecule has 0 atom stereocenters. The van der Waals surface area contributed by atoms with E-state index in [1.165, 1.54) is 0 Å². The number of nitriles is 1. The van der Waals surface area contributed by atoms with Crippen LogP contribution in [0.15, 0.2) is 40.4 Å². The summed E-state index contributed by atoms with van der Waals surface area (Å²) in [6.07, 6.45) is 0.490. The molecule has 4 nitrogen and oxygen atoms in total. The van der Waals surface area contributed by atoms with Crippen LogP contribution in [-0.4, -0.2) is 14.2 Å². The predicted molar refractivity (Wildman–Crippen MR) is 95.6 cm³/mol. The van der Waals surface area contributed by atoms with E-state index in [1.807, 2.05) is 12.1 Å². The first-order chi connectivity index (χ1) is 11.6. The average molecular weight is 407 g/mol. The van der Waals surface area contributed by atoms with Gasteiger partial charge < -0.3 is 14.2 Å². The Morgan fingerprint density at radius 1 is 1.21 bits per heavy atom. The molecule has 0 unspecified atom stereocenters. The molecule has 0 fully saturated rings. The van der Waals surface area contributed by atoms with Gasteiger partial charge in [-0.3, -0.25) is 0 Å². The molecular weight excluding hydrogens is 394 g/mol. The van der Waals surface area contributed by atoms with Gasteiger partial charge in [0.25, 0.3) is 0 Å². The summed E-state index contributed by atoms with van der Waals surface area (Å²) in [6, 6.07) is 11.3. The van der Waals surface area contributed by atoms with E-state index < -0.39 is 0 Å². The third-order valence-corrected chi connectivity index (χ3v) is 4.54. The summed E-state index contributed by atoms with van der Waals surface area (Å²) in [5, 5.41) is 10.1. The van der Waals surface area contributed by atoms with Crippen LogP contribution in [0, 0.1) is 11.3 Å². The van der Waals surface area contributed by atoms with Crippen molar-refractivity contribution in [2.24, 2.45) is 0 Å². The highest BCUT2D eigenvalue weighted by atomic mass is 79.9. The fourth-order valence-electron chi connectivity index (χ4n) is 2.58.